The highest BCUT2D eigenvalue weighted by molar-refractivity contribution is 6.36. The quantitative estimate of drug-likeness (QED) is 0.325. The van der Waals surface area contributed by atoms with E-state index in [1.807, 2.05) is 6.92 Å². The molecule has 6 heteroatoms. The molecule has 20 heavy (non-hydrogen) atoms. The molecule has 3 aliphatic heterocycles. The molecule has 3 rings (SSSR count). The molecule has 3 heterocycles. The molecule has 0 aromatic rings. The molecule has 3 atom stereocenters. The van der Waals surface area contributed by atoms with E-state index >= 15 is 0 Å². The van der Waals surface area contributed by atoms with Gasteiger partial charge in [0.1, 0.15) is 0 Å². The second kappa shape index (κ2) is 5.44. The van der Waals surface area contributed by atoms with Gasteiger partial charge in [-0.25, -0.2) is 4.79 Å². The summed E-state index contributed by atoms with van der Waals surface area (Å²) in [5, 5.41) is 4.01. The molecule has 0 aromatic carbocycles. The number of carbonyl (C=O) groups is 1. The lowest BCUT2D eigenvalue weighted by molar-refractivity contribution is -0.932. The summed E-state index contributed by atoms with van der Waals surface area (Å²) in [6.45, 7) is 2.20. The van der Waals surface area contributed by atoms with Gasteiger partial charge in [0.25, 0.3) is 0 Å². The number of fused-ring (bicyclic) bond motifs is 2. The summed E-state index contributed by atoms with van der Waals surface area (Å²) in [5.41, 5.74) is 0.232. The van der Waals surface area contributed by atoms with Gasteiger partial charge in [-0.2, -0.15) is 0 Å². The Morgan fingerprint density at radius 3 is 2.55 bits per heavy atom. The molecule has 1 spiro atoms. The Kier molecular flexibility index (Phi) is 4.35. The zero-order chi connectivity index (χ0) is 13.7. The van der Waals surface area contributed by atoms with Gasteiger partial charge >= 0.3 is 5.97 Å². The molecular weight excluding hydrogens is 371 g/mol. The Balaban J connectivity index is 0.00000147. The van der Waals surface area contributed by atoms with Crippen LogP contribution in [-0.2, 0) is 14.4 Å². The molecule has 2 saturated heterocycles. The number of carbonyl (C=O) groups excluding carboxylic acids is 1. The van der Waals surface area contributed by atoms with E-state index in [9.17, 15) is 4.79 Å². The van der Waals surface area contributed by atoms with E-state index in [1.54, 1.807) is 0 Å². The van der Waals surface area contributed by atoms with Crippen LogP contribution in [0.4, 0.5) is 0 Å². The topological polar surface area (TPSA) is 47.9 Å². The summed E-state index contributed by atoms with van der Waals surface area (Å²) in [6.07, 6.45) is 5.15. The zero-order valence-corrected chi connectivity index (χ0v) is 14.6. The molecule has 114 valence electrons. The maximum atomic E-state index is 11.7. The average Bonchev–Trinajstić information content (AvgIpc) is 2.77. The molecule has 0 amide bonds. The van der Waals surface area contributed by atoms with Crippen molar-refractivity contribution in [3.63, 3.8) is 0 Å². The number of oxime groups is 1. The number of hydrogen-bond acceptors (Lipinski definition) is 4. The summed E-state index contributed by atoms with van der Waals surface area (Å²) >= 11 is 0. The Morgan fingerprint density at radius 2 is 2.00 bits per heavy atom. The third-order valence-corrected chi connectivity index (χ3v) is 5.28. The van der Waals surface area contributed by atoms with Gasteiger partial charge in [-0.15, -0.1) is 0 Å². The summed E-state index contributed by atoms with van der Waals surface area (Å²) in [5.74, 6) is -0.314. The van der Waals surface area contributed by atoms with E-state index in [-0.39, 0.29) is 35.5 Å². The Morgan fingerprint density at radius 1 is 1.40 bits per heavy atom. The van der Waals surface area contributed by atoms with E-state index in [2.05, 4.69) is 19.3 Å². The Hall–Kier alpha value is -0.370. The van der Waals surface area contributed by atoms with Gasteiger partial charge in [-0.05, 0) is 6.92 Å². The van der Waals surface area contributed by atoms with E-state index in [0.717, 1.165) is 17.3 Å². The summed E-state index contributed by atoms with van der Waals surface area (Å²) < 4.78 is 6.11. The van der Waals surface area contributed by atoms with Crippen LogP contribution in [0.5, 0.6) is 0 Å². The minimum Gasteiger partial charge on any atom is -1.00 e. The smallest absolute Gasteiger partial charge is 0.356 e. The zero-order valence-electron chi connectivity index (χ0n) is 12.4. The van der Waals surface area contributed by atoms with Crippen molar-refractivity contribution in [2.45, 2.75) is 56.7 Å². The molecule has 1 unspecified atom stereocenters. The van der Waals surface area contributed by atoms with Gasteiger partial charge in [0.15, 0.2) is 11.3 Å². The normalized spacial score (nSPS) is 37.0. The number of rotatable bonds is 2. The van der Waals surface area contributed by atoms with E-state index in [1.165, 1.54) is 12.8 Å². The van der Waals surface area contributed by atoms with Crippen LogP contribution >= 0.6 is 0 Å². The van der Waals surface area contributed by atoms with Crippen molar-refractivity contribution in [1.29, 1.82) is 0 Å². The van der Waals surface area contributed by atoms with Crippen molar-refractivity contribution in [2.75, 3.05) is 20.7 Å². The van der Waals surface area contributed by atoms with Crippen molar-refractivity contribution >= 4 is 11.7 Å². The van der Waals surface area contributed by atoms with Crippen molar-refractivity contribution in [3.05, 3.63) is 0 Å². The van der Waals surface area contributed by atoms with Crippen molar-refractivity contribution in [2.24, 2.45) is 5.16 Å². The third-order valence-electron chi connectivity index (χ3n) is 5.28. The van der Waals surface area contributed by atoms with Gasteiger partial charge in [0, 0.05) is 32.1 Å². The van der Waals surface area contributed by atoms with Crippen LogP contribution in [0.1, 0.15) is 39.0 Å². The monoisotopic (exact) mass is 394 g/mol. The first-order valence-electron chi connectivity index (χ1n) is 7.22. The number of halogens is 1. The number of hydrogen-bond donors (Lipinski definition) is 0. The van der Waals surface area contributed by atoms with E-state index in [0.29, 0.717) is 30.8 Å². The van der Waals surface area contributed by atoms with Crippen LogP contribution in [0.15, 0.2) is 5.16 Å². The fourth-order valence-electron chi connectivity index (χ4n) is 4.03. The molecule has 2 fully saturated rings. The predicted molar refractivity (Wildman–Crippen MR) is 70.7 cm³/mol. The van der Waals surface area contributed by atoms with E-state index in [4.69, 9.17) is 9.57 Å². The highest BCUT2D eigenvalue weighted by Gasteiger charge is 2.58. The van der Waals surface area contributed by atoms with Gasteiger partial charge in [-0.1, -0.05) is 5.16 Å². The molecule has 0 radical (unpaired) electrons. The predicted octanol–water partition coefficient (Wildman–Crippen LogP) is -1.53. The lowest BCUT2D eigenvalue weighted by Gasteiger charge is -2.47. The van der Waals surface area contributed by atoms with E-state index < -0.39 is 0 Å². The number of esters is 1. The van der Waals surface area contributed by atoms with Crippen LogP contribution in [0.2, 0.25) is 0 Å². The number of ether oxygens (including phenoxy) is 1. The molecule has 2 bridgehead atoms. The highest BCUT2D eigenvalue weighted by atomic mass is 127. The minimum atomic E-state index is -0.314. The second-order valence-corrected chi connectivity index (χ2v) is 6.63. The number of quaternary nitrogens is 1. The SMILES string of the molecule is CCOC(=O)C1=NOC2(C1)C[C@H]1CC[C@@H](C2)[N+]1(C)C.[I-]. The van der Waals surface area contributed by atoms with Crippen LogP contribution in [0.25, 0.3) is 0 Å². The lowest BCUT2D eigenvalue weighted by atomic mass is 9.81. The maximum absolute atomic E-state index is 11.7. The van der Waals surface area contributed by atoms with Crippen molar-refractivity contribution in [1.82, 2.24) is 0 Å². The maximum Gasteiger partial charge on any atom is 0.356 e. The fourth-order valence-corrected chi connectivity index (χ4v) is 4.03. The number of piperidine rings is 1. The van der Waals surface area contributed by atoms with Crippen LogP contribution < -0.4 is 24.0 Å². The molecule has 0 saturated carbocycles. The largest absolute Gasteiger partial charge is 1.00 e. The first-order chi connectivity index (χ1) is 8.97. The standard InChI is InChI=1S/C14H23N2O3.HI/c1-4-18-13(17)12-9-14(19-15-12)7-10-5-6-11(8-14)16(10,2)3;/h10-11H,4-9H2,1-3H3;1H/q+1;/p-1/t10-,11+,14?;. The summed E-state index contributed by atoms with van der Waals surface area (Å²) in [7, 11) is 4.63. The second-order valence-electron chi connectivity index (χ2n) is 6.63. The van der Waals surface area contributed by atoms with Crippen LogP contribution in [0.3, 0.4) is 0 Å². The molecular formula is C14H23IN2O3. The minimum absolute atomic E-state index is 0. The van der Waals surface area contributed by atoms with Gasteiger partial charge in [0.2, 0.25) is 0 Å². The molecule has 3 aliphatic rings. The summed E-state index contributed by atoms with van der Waals surface area (Å²) in [4.78, 5) is 17.5. The van der Waals surface area contributed by atoms with Crippen molar-refractivity contribution < 1.29 is 42.8 Å². The number of nitrogens with zero attached hydrogens (tertiary/aromatic N) is 2. The van der Waals surface area contributed by atoms with Gasteiger partial charge in [0.05, 0.1) is 32.8 Å². The fraction of sp³-hybridized carbons (Fsp3) is 0.857. The third kappa shape index (κ3) is 2.45. The van der Waals surface area contributed by atoms with Crippen LogP contribution in [-0.4, -0.2) is 54.6 Å². The molecule has 0 aromatic heterocycles. The average molecular weight is 394 g/mol. The first kappa shape index (κ1) is 16.0. The van der Waals surface area contributed by atoms with Gasteiger partial charge < -0.3 is 38.0 Å². The molecule has 0 aliphatic carbocycles. The van der Waals surface area contributed by atoms with Crippen molar-refractivity contribution in [3.8, 4) is 0 Å². The Labute approximate surface area is 137 Å². The summed E-state index contributed by atoms with van der Waals surface area (Å²) in [6, 6.07) is 1.27. The van der Waals surface area contributed by atoms with Gasteiger partial charge in [-0.3, -0.25) is 0 Å². The molecule has 0 N–H and O–H groups in total. The first-order valence-corrected chi connectivity index (χ1v) is 7.22. The lowest BCUT2D eigenvalue weighted by Crippen LogP contribution is -3.00. The molecule has 5 nitrogen and oxygen atoms in total. The Bertz CT molecular complexity index is 420. The highest BCUT2D eigenvalue weighted by Crippen LogP contribution is 2.48. The van der Waals surface area contributed by atoms with Crippen LogP contribution in [0, 0.1) is 0 Å².